The maximum atomic E-state index is 10.4. The molecule has 0 aromatic heterocycles. The Morgan fingerprint density at radius 3 is 2.80 bits per heavy atom. The number of rotatable bonds is 0. The predicted molar refractivity (Wildman–Crippen MR) is 28.3 cm³/mol. The molecule has 3 aliphatic rings. The van der Waals surface area contributed by atoms with E-state index < -0.39 is 6.09 Å². The highest BCUT2D eigenvalue weighted by molar-refractivity contribution is 5.53. The van der Waals surface area contributed by atoms with Gasteiger partial charge in [-0.05, 0) is 0 Å². The molecule has 0 aromatic carbocycles. The molecule has 0 aromatic rings. The van der Waals surface area contributed by atoms with Gasteiger partial charge in [0.05, 0.1) is 6.54 Å². The summed E-state index contributed by atoms with van der Waals surface area (Å²) in [6.07, 6.45) is -1.19. The number of hydrogen-bond acceptors (Lipinski definition) is 4. The van der Waals surface area contributed by atoms with Gasteiger partial charge >= 0.3 is 0 Å². The maximum absolute atomic E-state index is 10.4. The van der Waals surface area contributed by atoms with Gasteiger partial charge in [-0.1, -0.05) is 0 Å². The number of nitrogens with zero attached hydrogens (tertiary/aromatic N) is 1. The molecule has 0 saturated carbocycles. The summed E-state index contributed by atoms with van der Waals surface area (Å²) in [6.45, 7) is 1.67. The van der Waals surface area contributed by atoms with E-state index in [0.29, 0.717) is 19.6 Å². The molecule has 56 valence electrons. The number of hydrogen-bond donors (Lipinski definition) is 1. The van der Waals surface area contributed by atoms with Gasteiger partial charge in [0.15, 0.2) is 6.54 Å². The lowest BCUT2D eigenvalue weighted by Gasteiger charge is -2.50. The minimum atomic E-state index is -1.13. The summed E-state index contributed by atoms with van der Waals surface area (Å²) in [5.41, 5.74) is 0. The van der Waals surface area contributed by atoms with E-state index in [1.54, 1.807) is 0 Å². The van der Waals surface area contributed by atoms with E-state index in [0.717, 1.165) is 0 Å². The monoisotopic (exact) mass is 144 g/mol. The Kier molecular flexibility index (Phi) is 1.03. The van der Waals surface area contributed by atoms with Gasteiger partial charge in [0, 0.05) is 0 Å². The summed E-state index contributed by atoms with van der Waals surface area (Å²) in [5.74, 6) is 0. The topological polar surface area (TPSA) is 61.4 Å². The second-order valence-corrected chi connectivity index (χ2v) is 2.61. The van der Waals surface area contributed by atoms with E-state index in [1.165, 1.54) is 0 Å². The Morgan fingerprint density at radius 1 is 1.80 bits per heavy atom. The van der Waals surface area contributed by atoms with E-state index in [1.807, 2.05) is 0 Å². The van der Waals surface area contributed by atoms with Crippen LogP contribution in [0.1, 0.15) is 0 Å². The zero-order valence-electron chi connectivity index (χ0n) is 5.37. The normalized spacial score (nSPS) is 44.2. The first-order valence-corrected chi connectivity index (χ1v) is 3.23. The molecular weight excluding hydrogens is 136 g/mol. The summed E-state index contributed by atoms with van der Waals surface area (Å²) in [6, 6.07) is 0. The molecule has 0 spiro atoms. The molecule has 1 amide bonds. The zero-order valence-corrected chi connectivity index (χ0v) is 5.37. The van der Waals surface area contributed by atoms with Crippen molar-refractivity contribution in [3.63, 3.8) is 0 Å². The number of carbonyl (C=O) groups excluding carboxylic acids is 1. The Morgan fingerprint density at radius 2 is 2.50 bits per heavy atom. The van der Waals surface area contributed by atoms with Crippen LogP contribution in [-0.2, 0) is 4.84 Å². The lowest BCUT2D eigenvalue weighted by atomic mass is 10.3. The molecule has 3 heterocycles. The molecule has 10 heavy (non-hydrogen) atoms. The molecule has 2 bridgehead atoms. The van der Waals surface area contributed by atoms with Crippen molar-refractivity contribution in [1.82, 2.24) is 5.32 Å². The van der Waals surface area contributed by atoms with Crippen molar-refractivity contribution in [3.05, 3.63) is 0 Å². The first-order valence-electron chi connectivity index (χ1n) is 3.23. The van der Waals surface area contributed by atoms with E-state index in [-0.39, 0.29) is 10.9 Å². The van der Waals surface area contributed by atoms with Crippen molar-refractivity contribution >= 4 is 6.09 Å². The smallest absolute Gasteiger partial charge is 0.292 e. The minimum Gasteiger partial charge on any atom is -0.496 e. The van der Waals surface area contributed by atoms with Crippen LogP contribution in [0.25, 0.3) is 0 Å². The summed E-state index contributed by atoms with van der Waals surface area (Å²) < 4.78 is -0.308. The number of carboxylic acid groups (broad SMARTS) is 1. The van der Waals surface area contributed by atoms with Crippen molar-refractivity contribution in [3.8, 4) is 0 Å². The van der Waals surface area contributed by atoms with E-state index in [2.05, 4.69) is 5.32 Å². The number of hydroxylamine groups is 3. The second kappa shape index (κ2) is 1.69. The molecule has 3 rings (SSSR count). The number of fused-ring (bicyclic) bond motifs is 2. The highest BCUT2D eigenvalue weighted by atomic mass is 16.8. The third kappa shape index (κ3) is 0.593. The highest BCUT2D eigenvalue weighted by Gasteiger charge is 2.52. The zero-order chi connectivity index (χ0) is 7.19. The van der Waals surface area contributed by atoms with Crippen LogP contribution in [0.5, 0.6) is 0 Å². The van der Waals surface area contributed by atoms with Gasteiger partial charge in [0.25, 0.3) is 6.09 Å². The van der Waals surface area contributed by atoms with Crippen molar-refractivity contribution < 1.29 is 19.4 Å². The fraction of sp³-hybridized carbons (Fsp3) is 0.800. The summed E-state index contributed by atoms with van der Waals surface area (Å²) in [7, 11) is 0. The van der Waals surface area contributed by atoms with Crippen LogP contribution in [0.2, 0.25) is 0 Å². The van der Waals surface area contributed by atoms with Crippen molar-refractivity contribution in [2.45, 2.75) is 6.23 Å². The summed E-state index contributed by atoms with van der Waals surface area (Å²) in [4.78, 5) is 15.4. The third-order valence-corrected chi connectivity index (χ3v) is 1.97. The van der Waals surface area contributed by atoms with Crippen LogP contribution >= 0.6 is 0 Å². The Balaban J connectivity index is 2.12. The van der Waals surface area contributed by atoms with Crippen molar-refractivity contribution in [2.75, 3.05) is 19.6 Å². The largest absolute Gasteiger partial charge is 0.496 e. The Hall–Kier alpha value is -0.650. The molecule has 0 aliphatic carbocycles. The maximum Gasteiger partial charge on any atom is 0.292 e. The van der Waals surface area contributed by atoms with Gasteiger partial charge in [0.2, 0.25) is 6.23 Å². The average Bonchev–Trinajstić information content (AvgIpc) is 1.87. The number of piperazine rings is 1. The number of carbonyl (C=O) groups is 1. The number of quaternary nitrogens is 1. The van der Waals surface area contributed by atoms with E-state index in [4.69, 9.17) is 4.84 Å². The lowest BCUT2D eigenvalue weighted by Crippen LogP contribution is -2.78. The van der Waals surface area contributed by atoms with Crippen molar-refractivity contribution in [2.24, 2.45) is 0 Å². The van der Waals surface area contributed by atoms with Crippen LogP contribution in [-0.4, -0.2) is 36.6 Å². The predicted octanol–water partition coefficient (Wildman–Crippen LogP) is -1.98. The minimum absolute atomic E-state index is 0.0633. The molecular formula is C5H8N2O3. The molecule has 3 fully saturated rings. The van der Waals surface area contributed by atoms with Crippen molar-refractivity contribution in [1.29, 1.82) is 0 Å². The Bertz CT molecular complexity index is 170. The standard InChI is InChI=1S/C5H8N2O3/c8-5(9)7-2-1-6-4(3-7)10-7/h4,6H,1-3H2. The fourth-order valence-electron chi connectivity index (χ4n) is 1.36. The third-order valence-electron chi connectivity index (χ3n) is 1.97. The molecule has 3 saturated heterocycles. The Labute approximate surface area is 57.7 Å². The van der Waals surface area contributed by atoms with Gasteiger partial charge < -0.3 is 9.90 Å². The van der Waals surface area contributed by atoms with Gasteiger partial charge in [-0.2, -0.15) is 4.84 Å². The highest BCUT2D eigenvalue weighted by Crippen LogP contribution is 2.24. The van der Waals surface area contributed by atoms with E-state index in [9.17, 15) is 9.90 Å². The fourth-order valence-corrected chi connectivity index (χ4v) is 1.36. The lowest BCUT2D eigenvalue weighted by molar-refractivity contribution is -1.12. The molecule has 2 atom stereocenters. The van der Waals surface area contributed by atoms with Crippen LogP contribution < -0.4 is 10.4 Å². The molecule has 1 N–H and O–H groups in total. The molecule has 3 aliphatic heterocycles. The summed E-state index contributed by atoms with van der Waals surface area (Å²) >= 11 is 0. The average molecular weight is 144 g/mol. The number of amides is 1. The van der Waals surface area contributed by atoms with Gasteiger partial charge in [0.1, 0.15) is 6.54 Å². The van der Waals surface area contributed by atoms with Crippen LogP contribution in [0.4, 0.5) is 4.79 Å². The first kappa shape index (κ1) is 6.09. The quantitative estimate of drug-likeness (QED) is 0.400. The van der Waals surface area contributed by atoms with Gasteiger partial charge in [-0.15, -0.1) is 4.65 Å². The van der Waals surface area contributed by atoms with E-state index >= 15 is 0 Å². The molecule has 2 unspecified atom stereocenters. The molecule has 0 radical (unpaired) electrons. The number of nitrogens with one attached hydrogen (secondary N) is 1. The van der Waals surface area contributed by atoms with Crippen LogP contribution in [0.15, 0.2) is 0 Å². The SMILES string of the molecule is O=C([O-])[N+]12CCNC(C1)O2. The summed E-state index contributed by atoms with van der Waals surface area (Å²) in [5, 5.41) is 13.4. The molecule has 5 nitrogen and oxygen atoms in total. The molecule has 5 heteroatoms. The van der Waals surface area contributed by atoms with Gasteiger partial charge in [-0.3, -0.25) is 5.32 Å². The van der Waals surface area contributed by atoms with Crippen LogP contribution in [0, 0.1) is 0 Å². The van der Waals surface area contributed by atoms with Crippen LogP contribution in [0.3, 0.4) is 0 Å². The second-order valence-electron chi connectivity index (χ2n) is 2.61. The van der Waals surface area contributed by atoms with Gasteiger partial charge in [-0.25, -0.2) is 0 Å². The first-order chi connectivity index (χ1) is 4.73.